The van der Waals surface area contributed by atoms with Crippen molar-refractivity contribution in [2.24, 2.45) is 0 Å². The monoisotopic (exact) mass is 336 g/mol. The van der Waals surface area contributed by atoms with Crippen LogP contribution in [0.2, 0.25) is 5.02 Å². The molecule has 0 radical (unpaired) electrons. The third-order valence-electron chi connectivity index (χ3n) is 3.96. The van der Waals surface area contributed by atoms with Crippen LogP contribution in [0.4, 0.5) is 0 Å². The maximum atomic E-state index is 12.7. The van der Waals surface area contributed by atoms with Crippen LogP contribution in [0.25, 0.3) is 0 Å². The van der Waals surface area contributed by atoms with Gasteiger partial charge < -0.3 is 4.74 Å². The largest absolute Gasteiger partial charge is 0.372 e. The molecule has 0 N–H and O–H groups in total. The zero-order chi connectivity index (χ0) is 15.7. The summed E-state index contributed by atoms with van der Waals surface area (Å²) < 4.78 is 31.1. The summed E-state index contributed by atoms with van der Waals surface area (Å²) in [5.41, 5.74) is 1.90. The molecule has 0 saturated carbocycles. The quantitative estimate of drug-likeness (QED) is 0.852. The van der Waals surface area contributed by atoms with E-state index in [1.54, 1.807) is 30.3 Å². The van der Waals surface area contributed by atoms with Gasteiger partial charge in [-0.05, 0) is 48.7 Å². The topological polar surface area (TPSA) is 43.4 Å². The van der Waals surface area contributed by atoms with Crippen molar-refractivity contribution in [3.05, 3.63) is 64.7 Å². The van der Waals surface area contributed by atoms with Crippen molar-refractivity contribution in [3.63, 3.8) is 0 Å². The van der Waals surface area contributed by atoms with Crippen LogP contribution < -0.4 is 0 Å². The molecule has 0 aliphatic carbocycles. The van der Waals surface area contributed by atoms with Gasteiger partial charge >= 0.3 is 0 Å². The molecule has 116 valence electrons. The molecule has 2 aromatic rings. The summed E-state index contributed by atoms with van der Waals surface area (Å²) >= 11 is 5.88. The summed E-state index contributed by atoms with van der Waals surface area (Å²) in [4.78, 5) is 0.373. The van der Waals surface area contributed by atoms with Crippen LogP contribution in [0.1, 0.15) is 23.7 Å². The molecular formula is C17H17ClO3S. The molecule has 0 spiro atoms. The molecular weight excluding hydrogens is 320 g/mol. The first-order chi connectivity index (χ1) is 10.5. The molecule has 2 atom stereocenters. The number of benzene rings is 2. The number of hydrogen-bond donors (Lipinski definition) is 0. The van der Waals surface area contributed by atoms with E-state index in [-0.39, 0.29) is 12.7 Å². The second kappa shape index (κ2) is 6.03. The Kier molecular flexibility index (Phi) is 4.26. The van der Waals surface area contributed by atoms with Gasteiger partial charge in [0.05, 0.1) is 22.9 Å². The third-order valence-corrected chi connectivity index (χ3v) is 6.33. The second-order valence-corrected chi connectivity index (χ2v) is 8.26. The lowest BCUT2D eigenvalue weighted by atomic mass is 10.1. The van der Waals surface area contributed by atoms with Crippen LogP contribution >= 0.6 is 11.6 Å². The molecule has 3 nitrogen and oxygen atoms in total. The summed E-state index contributed by atoms with van der Waals surface area (Å²) in [5, 5.41) is 0.153. The molecule has 0 bridgehead atoms. The van der Waals surface area contributed by atoms with Gasteiger partial charge in [0.1, 0.15) is 0 Å². The van der Waals surface area contributed by atoms with E-state index >= 15 is 0 Å². The molecule has 0 aromatic heterocycles. The van der Waals surface area contributed by atoms with Gasteiger partial charge in [0, 0.05) is 5.02 Å². The first-order valence-corrected chi connectivity index (χ1v) is 9.07. The summed E-state index contributed by atoms with van der Waals surface area (Å²) in [5.74, 6) is 0. The molecule has 1 saturated heterocycles. The van der Waals surface area contributed by atoms with E-state index in [2.05, 4.69) is 0 Å². The normalized spacial score (nSPS) is 21.9. The Morgan fingerprint density at radius 2 is 1.86 bits per heavy atom. The lowest BCUT2D eigenvalue weighted by Crippen LogP contribution is -2.21. The van der Waals surface area contributed by atoms with Crippen molar-refractivity contribution < 1.29 is 13.2 Å². The number of rotatable bonds is 3. The standard InChI is InChI=1S/C17H17ClO3S/c1-12-3-2-4-15(9-12)22(19,20)16-10-17(21-11-16)13-5-7-14(18)8-6-13/h2-9,16-17H,10-11H2,1H3. The van der Waals surface area contributed by atoms with Crippen LogP contribution in [0, 0.1) is 6.92 Å². The van der Waals surface area contributed by atoms with Crippen molar-refractivity contribution in [2.45, 2.75) is 29.6 Å². The van der Waals surface area contributed by atoms with E-state index in [1.807, 2.05) is 25.1 Å². The molecule has 1 heterocycles. The molecule has 3 rings (SSSR count). The Morgan fingerprint density at radius 1 is 1.14 bits per heavy atom. The molecule has 22 heavy (non-hydrogen) atoms. The van der Waals surface area contributed by atoms with Gasteiger partial charge in [-0.15, -0.1) is 0 Å². The Morgan fingerprint density at radius 3 is 2.55 bits per heavy atom. The van der Waals surface area contributed by atoms with Crippen LogP contribution in [0.15, 0.2) is 53.4 Å². The van der Waals surface area contributed by atoms with E-state index in [4.69, 9.17) is 16.3 Å². The molecule has 0 amide bonds. The van der Waals surface area contributed by atoms with Gasteiger partial charge in [0.25, 0.3) is 0 Å². The Hall–Kier alpha value is -1.36. The van der Waals surface area contributed by atoms with Gasteiger partial charge in [0.2, 0.25) is 0 Å². The van der Waals surface area contributed by atoms with Gasteiger partial charge in [-0.3, -0.25) is 0 Å². The fourth-order valence-corrected chi connectivity index (χ4v) is 4.52. The van der Waals surface area contributed by atoms with Gasteiger partial charge in [0.15, 0.2) is 9.84 Å². The zero-order valence-electron chi connectivity index (χ0n) is 12.2. The van der Waals surface area contributed by atoms with E-state index in [1.165, 1.54) is 0 Å². The molecule has 2 aromatic carbocycles. The number of aryl methyl sites for hydroxylation is 1. The molecule has 5 heteroatoms. The van der Waals surface area contributed by atoms with E-state index in [9.17, 15) is 8.42 Å². The van der Waals surface area contributed by atoms with Crippen molar-refractivity contribution in [2.75, 3.05) is 6.61 Å². The van der Waals surface area contributed by atoms with Crippen LogP contribution in [-0.4, -0.2) is 20.3 Å². The minimum atomic E-state index is -3.36. The van der Waals surface area contributed by atoms with Crippen molar-refractivity contribution in [3.8, 4) is 0 Å². The fraction of sp³-hybridized carbons (Fsp3) is 0.294. The minimum absolute atomic E-state index is 0.193. The summed E-state index contributed by atoms with van der Waals surface area (Å²) in [6.45, 7) is 2.12. The van der Waals surface area contributed by atoms with Gasteiger partial charge in [-0.25, -0.2) is 8.42 Å². The first-order valence-electron chi connectivity index (χ1n) is 7.14. The highest BCUT2D eigenvalue weighted by atomic mass is 35.5. The Bertz CT molecular complexity index is 769. The fourth-order valence-electron chi connectivity index (χ4n) is 2.71. The van der Waals surface area contributed by atoms with E-state index < -0.39 is 15.1 Å². The summed E-state index contributed by atoms with van der Waals surface area (Å²) in [6, 6.07) is 14.4. The molecule has 2 unspecified atom stereocenters. The molecule has 1 fully saturated rings. The zero-order valence-corrected chi connectivity index (χ0v) is 13.8. The first kappa shape index (κ1) is 15.5. The minimum Gasteiger partial charge on any atom is -0.372 e. The van der Waals surface area contributed by atoms with Crippen molar-refractivity contribution in [1.82, 2.24) is 0 Å². The number of hydrogen-bond acceptors (Lipinski definition) is 3. The van der Waals surface area contributed by atoms with Crippen LogP contribution in [0.5, 0.6) is 0 Å². The second-order valence-electron chi connectivity index (χ2n) is 5.59. The average Bonchev–Trinajstić information content (AvgIpc) is 2.98. The third kappa shape index (κ3) is 3.05. The van der Waals surface area contributed by atoms with E-state index in [0.29, 0.717) is 16.3 Å². The number of sulfone groups is 1. The maximum Gasteiger partial charge on any atom is 0.183 e. The highest BCUT2D eigenvalue weighted by Crippen LogP contribution is 2.35. The predicted octanol–water partition coefficient (Wildman–Crippen LogP) is 3.95. The highest BCUT2D eigenvalue weighted by Gasteiger charge is 2.36. The number of ether oxygens (including phenoxy) is 1. The van der Waals surface area contributed by atoms with Crippen LogP contribution in [0.3, 0.4) is 0 Å². The smallest absolute Gasteiger partial charge is 0.183 e. The SMILES string of the molecule is Cc1cccc(S(=O)(=O)C2COC(c3ccc(Cl)cc3)C2)c1. The van der Waals surface area contributed by atoms with Crippen molar-refractivity contribution >= 4 is 21.4 Å². The Labute approximate surface area is 135 Å². The molecule has 1 aliphatic heterocycles. The van der Waals surface area contributed by atoms with Gasteiger partial charge in [-0.1, -0.05) is 35.9 Å². The predicted molar refractivity (Wildman–Crippen MR) is 86.9 cm³/mol. The maximum absolute atomic E-state index is 12.7. The van der Waals surface area contributed by atoms with Crippen LogP contribution in [-0.2, 0) is 14.6 Å². The average molecular weight is 337 g/mol. The number of halogens is 1. The summed E-state index contributed by atoms with van der Waals surface area (Å²) in [6.07, 6.45) is 0.277. The van der Waals surface area contributed by atoms with Crippen molar-refractivity contribution in [1.29, 1.82) is 0 Å². The molecule has 1 aliphatic rings. The highest BCUT2D eigenvalue weighted by molar-refractivity contribution is 7.92. The lowest BCUT2D eigenvalue weighted by molar-refractivity contribution is 0.112. The Balaban J connectivity index is 1.81. The summed E-state index contributed by atoms with van der Waals surface area (Å²) in [7, 11) is -3.36. The van der Waals surface area contributed by atoms with Gasteiger partial charge in [-0.2, -0.15) is 0 Å². The van der Waals surface area contributed by atoms with E-state index in [0.717, 1.165) is 11.1 Å². The lowest BCUT2D eigenvalue weighted by Gasteiger charge is -2.11.